The second-order valence-corrected chi connectivity index (χ2v) is 10.2. The summed E-state index contributed by atoms with van der Waals surface area (Å²) >= 11 is -1.56. The number of β-lactam (4-membered cyclic amide) rings is 1. The fourth-order valence-corrected chi connectivity index (χ4v) is 5.01. The zero-order valence-corrected chi connectivity index (χ0v) is 17.1. The van der Waals surface area contributed by atoms with E-state index in [1.54, 1.807) is 34.6 Å². The summed E-state index contributed by atoms with van der Waals surface area (Å²) in [5.74, 6) is -3.04. The molecule has 2 fully saturated rings. The van der Waals surface area contributed by atoms with Crippen molar-refractivity contribution in [2.24, 2.45) is 11.3 Å². The van der Waals surface area contributed by atoms with Crippen molar-refractivity contribution in [3.63, 3.8) is 0 Å². The first-order valence-corrected chi connectivity index (χ1v) is 9.71. The largest absolute Gasteiger partial charge is 0.614 e. The highest BCUT2D eigenvalue weighted by atomic mass is 32.2. The summed E-state index contributed by atoms with van der Waals surface area (Å²) in [4.78, 5) is 48.9. The van der Waals surface area contributed by atoms with Crippen LogP contribution in [0.1, 0.15) is 41.5 Å². The number of carbonyl (C=O) groups is 4. The number of rotatable bonds is 5. The van der Waals surface area contributed by atoms with Gasteiger partial charge in [-0.2, -0.15) is 0 Å². The molecule has 0 bridgehead atoms. The standard InChI is InChI=1S/C17H25NO8S/c1-9(19)24-7-10-12(20)18-11(17(5,6)27(23)13(10)18)14(21)25-8-26-15(22)16(2,3)4/h10-11,13H,7-8H2,1-6H3/t10-,11-,13+,27?/m0/s1. The van der Waals surface area contributed by atoms with Gasteiger partial charge in [0.05, 0.1) is 5.41 Å². The molecule has 0 N–H and O–H groups in total. The maximum absolute atomic E-state index is 12.8. The third-order valence-corrected chi connectivity index (χ3v) is 6.81. The Balaban J connectivity index is 2.04. The smallest absolute Gasteiger partial charge is 0.337 e. The van der Waals surface area contributed by atoms with Crippen LogP contribution >= 0.6 is 0 Å². The summed E-state index contributed by atoms with van der Waals surface area (Å²) in [6.45, 7) is 8.64. The first kappa shape index (κ1) is 21.5. The van der Waals surface area contributed by atoms with Gasteiger partial charge in [0.1, 0.15) is 12.5 Å². The van der Waals surface area contributed by atoms with Gasteiger partial charge in [-0.25, -0.2) is 4.79 Å². The molecule has 0 saturated carbocycles. The van der Waals surface area contributed by atoms with Gasteiger partial charge in [0, 0.05) is 6.92 Å². The molecule has 1 unspecified atom stereocenters. The van der Waals surface area contributed by atoms with Gasteiger partial charge in [-0.3, -0.25) is 19.3 Å². The van der Waals surface area contributed by atoms with Gasteiger partial charge in [-0.15, -0.1) is 0 Å². The monoisotopic (exact) mass is 403 g/mol. The number of esters is 3. The third-order valence-electron chi connectivity index (χ3n) is 4.56. The van der Waals surface area contributed by atoms with Crippen molar-refractivity contribution in [1.82, 2.24) is 4.90 Å². The molecule has 27 heavy (non-hydrogen) atoms. The number of nitrogens with zero attached hydrogens (tertiary/aromatic N) is 1. The van der Waals surface area contributed by atoms with Gasteiger partial charge in [0.15, 0.2) is 10.8 Å². The van der Waals surface area contributed by atoms with E-state index >= 15 is 0 Å². The fourth-order valence-electron chi connectivity index (χ4n) is 3.03. The number of fused-ring (bicyclic) bond motifs is 1. The van der Waals surface area contributed by atoms with Gasteiger partial charge in [-0.05, 0) is 45.8 Å². The lowest BCUT2D eigenvalue weighted by Crippen LogP contribution is -2.64. The number of amides is 1. The summed E-state index contributed by atoms with van der Waals surface area (Å²) in [6.07, 6.45) is 0. The number of hydrogen-bond acceptors (Lipinski definition) is 8. The van der Waals surface area contributed by atoms with E-state index in [1.807, 2.05) is 0 Å². The molecule has 0 aromatic carbocycles. The molecule has 4 atom stereocenters. The molecule has 2 heterocycles. The van der Waals surface area contributed by atoms with Crippen LogP contribution in [0.5, 0.6) is 0 Å². The first-order chi connectivity index (χ1) is 12.3. The average Bonchev–Trinajstić information content (AvgIpc) is 2.71. The van der Waals surface area contributed by atoms with Crippen molar-refractivity contribution in [2.75, 3.05) is 13.4 Å². The van der Waals surface area contributed by atoms with E-state index < -0.39 is 69.3 Å². The molecular weight excluding hydrogens is 378 g/mol. The second kappa shape index (κ2) is 7.31. The predicted molar refractivity (Wildman–Crippen MR) is 93.3 cm³/mol. The van der Waals surface area contributed by atoms with Crippen molar-refractivity contribution >= 4 is 35.0 Å². The van der Waals surface area contributed by atoms with Crippen LogP contribution in [-0.2, 0) is 44.6 Å². The van der Waals surface area contributed by atoms with E-state index in [1.165, 1.54) is 11.8 Å². The molecule has 2 aliphatic rings. The summed E-state index contributed by atoms with van der Waals surface area (Å²) in [7, 11) is 0. The van der Waals surface area contributed by atoms with E-state index in [2.05, 4.69) is 0 Å². The van der Waals surface area contributed by atoms with Crippen LogP contribution in [0.25, 0.3) is 0 Å². The SMILES string of the molecule is CC(=O)OC[C@H]1C(=O)N2[C@@H]1[S+]([O-])C(C)(C)[C@@H]2C(=O)OCOC(=O)C(C)(C)C. The highest BCUT2D eigenvalue weighted by Crippen LogP contribution is 2.48. The number of carbonyl (C=O) groups excluding carboxylic acids is 4. The first-order valence-electron chi connectivity index (χ1n) is 8.50. The molecule has 152 valence electrons. The molecule has 10 heteroatoms. The molecular formula is C17H25NO8S. The van der Waals surface area contributed by atoms with Crippen LogP contribution in [0.4, 0.5) is 0 Å². The topological polar surface area (TPSA) is 122 Å². The van der Waals surface area contributed by atoms with Crippen LogP contribution in [0.2, 0.25) is 0 Å². The van der Waals surface area contributed by atoms with Gasteiger partial charge >= 0.3 is 17.9 Å². The average molecular weight is 403 g/mol. The molecule has 0 aliphatic carbocycles. The maximum Gasteiger partial charge on any atom is 0.337 e. The molecule has 2 saturated heterocycles. The lowest BCUT2D eigenvalue weighted by molar-refractivity contribution is -0.182. The van der Waals surface area contributed by atoms with Crippen molar-refractivity contribution in [1.29, 1.82) is 0 Å². The zero-order chi connectivity index (χ0) is 20.7. The van der Waals surface area contributed by atoms with Crippen LogP contribution in [-0.4, -0.2) is 62.8 Å². The van der Waals surface area contributed by atoms with Crippen LogP contribution in [0.3, 0.4) is 0 Å². The molecule has 0 aromatic heterocycles. The molecule has 0 radical (unpaired) electrons. The normalized spacial score (nSPS) is 28.9. The lowest BCUT2D eigenvalue weighted by atomic mass is 9.92. The summed E-state index contributed by atoms with van der Waals surface area (Å²) in [5, 5.41) is -0.721. The van der Waals surface area contributed by atoms with Gasteiger partial charge in [0.25, 0.3) is 0 Å². The Morgan fingerprint density at radius 3 is 2.30 bits per heavy atom. The highest BCUT2D eigenvalue weighted by molar-refractivity contribution is 7.93. The van der Waals surface area contributed by atoms with Crippen LogP contribution in [0.15, 0.2) is 0 Å². The van der Waals surface area contributed by atoms with Crippen molar-refractivity contribution in [2.45, 2.75) is 57.7 Å². The molecule has 2 rings (SSSR count). The Kier molecular flexibility index (Phi) is 5.82. The van der Waals surface area contributed by atoms with E-state index in [4.69, 9.17) is 14.2 Å². The predicted octanol–water partition coefficient (Wildman–Crippen LogP) is 0.334. The number of ether oxygens (including phenoxy) is 3. The maximum atomic E-state index is 12.8. The summed E-state index contributed by atoms with van der Waals surface area (Å²) in [6, 6.07) is -1.07. The Hall–Kier alpha value is -1.81. The van der Waals surface area contributed by atoms with E-state index in [0.717, 1.165) is 0 Å². The summed E-state index contributed by atoms with van der Waals surface area (Å²) < 4.78 is 26.5. The minimum Gasteiger partial charge on any atom is -0.614 e. The van der Waals surface area contributed by atoms with Crippen molar-refractivity contribution in [3.05, 3.63) is 0 Å². The Bertz CT molecular complexity index is 656. The van der Waals surface area contributed by atoms with E-state index in [9.17, 15) is 23.7 Å². The lowest BCUT2D eigenvalue weighted by Gasteiger charge is -2.40. The minimum absolute atomic E-state index is 0.178. The Labute approximate surface area is 160 Å². The summed E-state index contributed by atoms with van der Waals surface area (Å²) in [5.41, 5.74) is -0.747. The van der Waals surface area contributed by atoms with E-state index in [0.29, 0.717) is 0 Å². The zero-order valence-electron chi connectivity index (χ0n) is 16.3. The third kappa shape index (κ3) is 3.91. The molecule has 1 amide bonds. The number of hydrogen-bond donors (Lipinski definition) is 0. The highest BCUT2D eigenvalue weighted by Gasteiger charge is 2.72. The molecule has 0 aromatic rings. The molecule has 2 aliphatic heterocycles. The van der Waals surface area contributed by atoms with Gasteiger partial charge < -0.3 is 18.8 Å². The van der Waals surface area contributed by atoms with Gasteiger partial charge in [-0.1, -0.05) is 0 Å². The Morgan fingerprint density at radius 2 is 1.78 bits per heavy atom. The van der Waals surface area contributed by atoms with Crippen LogP contribution < -0.4 is 0 Å². The Morgan fingerprint density at radius 1 is 1.19 bits per heavy atom. The quantitative estimate of drug-likeness (QED) is 0.279. The minimum atomic E-state index is -1.56. The van der Waals surface area contributed by atoms with Crippen molar-refractivity contribution < 1.29 is 37.9 Å². The van der Waals surface area contributed by atoms with Crippen molar-refractivity contribution in [3.8, 4) is 0 Å². The second-order valence-electron chi connectivity index (χ2n) is 8.11. The molecule has 0 spiro atoms. The van der Waals surface area contributed by atoms with Crippen LogP contribution in [0, 0.1) is 11.3 Å². The van der Waals surface area contributed by atoms with E-state index in [-0.39, 0.29) is 6.61 Å². The van der Waals surface area contributed by atoms with Gasteiger partial charge in [0.2, 0.25) is 18.1 Å². The fraction of sp³-hybridized carbons (Fsp3) is 0.765. The molecule has 9 nitrogen and oxygen atoms in total.